The Labute approximate surface area is 176 Å². The molecule has 0 atom stereocenters. The van der Waals surface area contributed by atoms with Gasteiger partial charge in [0.1, 0.15) is 0 Å². The number of hydrogen-bond donors (Lipinski definition) is 0. The van der Waals surface area contributed by atoms with Gasteiger partial charge in [-0.15, -0.1) is 0 Å². The number of amides is 2. The van der Waals surface area contributed by atoms with Crippen molar-refractivity contribution in [3.05, 3.63) is 112 Å². The number of nitrogens with zero attached hydrogens (tertiary/aromatic N) is 1. The highest BCUT2D eigenvalue weighted by atomic mass is 16.2. The maximum atomic E-state index is 12.7. The van der Waals surface area contributed by atoms with Crippen molar-refractivity contribution in [2.45, 2.75) is 13.3 Å². The molecular formula is C27H21NO2. The number of carbonyl (C=O) groups excluding carboxylic acids is 2. The Balaban J connectivity index is 1.49. The van der Waals surface area contributed by atoms with Crippen LogP contribution >= 0.6 is 0 Å². The SMILES string of the molecule is Cc1cccc2c1C=Cc1ccccc1/C2=C/CCN1C(=O)c2ccccc2C1=O. The number of carbonyl (C=O) groups is 2. The van der Waals surface area contributed by atoms with Crippen molar-refractivity contribution in [3.8, 4) is 0 Å². The summed E-state index contributed by atoms with van der Waals surface area (Å²) in [6, 6.07) is 21.7. The van der Waals surface area contributed by atoms with E-state index in [4.69, 9.17) is 0 Å². The van der Waals surface area contributed by atoms with E-state index in [1.165, 1.54) is 32.7 Å². The molecule has 30 heavy (non-hydrogen) atoms. The minimum atomic E-state index is -0.201. The first-order valence-electron chi connectivity index (χ1n) is 10.2. The first-order valence-corrected chi connectivity index (χ1v) is 10.2. The van der Waals surface area contributed by atoms with E-state index in [0.29, 0.717) is 24.1 Å². The van der Waals surface area contributed by atoms with Crippen LogP contribution < -0.4 is 0 Å². The van der Waals surface area contributed by atoms with Gasteiger partial charge in [-0.1, -0.05) is 72.8 Å². The van der Waals surface area contributed by atoms with E-state index in [-0.39, 0.29) is 11.8 Å². The summed E-state index contributed by atoms with van der Waals surface area (Å²) in [6.07, 6.45) is 7.09. The van der Waals surface area contributed by atoms with Gasteiger partial charge >= 0.3 is 0 Å². The van der Waals surface area contributed by atoms with Gasteiger partial charge in [-0.05, 0) is 58.9 Å². The lowest BCUT2D eigenvalue weighted by Crippen LogP contribution is -2.30. The Bertz CT molecular complexity index is 1210. The predicted molar refractivity (Wildman–Crippen MR) is 120 cm³/mol. The fraction of sp³-hybridized carbons (Fsp3) is 0.111. The third-order valence-electron chi connectivity index (χ3n) is 5.87. The molecule has 1 aliphatic carbocycles. The van der Waals surface area contributed by atoms with E-state index in [1.54, 1.807) is 24.3 Å². The molecule has 0 saturated carbocycles. The van der Waals surface area contributed by atoms with Crippen LogP contribution in [0.2, 0.25) is 0 Å². The summed E-state index contributed by atoms with van der Waals surface area (Å²) >= 11 is 0. The molecule has 0 fully saturated rings. The highest BCUT2D eigenvalue weighted by molar-refractivity contribution is 6.21. The molecule has 3 heteroatoms. The quantitative estimate of drug-likeness (QED) is 0.427. The number of imide groups is 1. The molecule has 0 N–H and O–H groups in total. The van der Waals surface area contributed by atoms with Crippen LogP contribution in [0.5, 0.6) is 0 Å². The lowest BCUT2D eigenvalue weighted by atomic mass is 9.91. The van der Waals surface area contributed by atoms with Crippen LogP contribution in [0.25, 0.3) is 17.7 Å². The van der Waals surface area contributed by atoms with Crippen LogP contribution in [0.15, 0.2) is 72.8 Å². The second-order valence-electron chi connectivity index (χ2n) is 7.67. The van der Waals surface area contributed by atoms with Gasteiger partial charge in [0.2, 0.25) is 0 Å². The van der Waals surface area contributed by atoms with Gasteiger partial charge in [0.05, 0.1) is 11.1 Å². The van der Waals surface area contributed by atoms with Crippen LogP contribution in [0.1, 0.15) is 55.0 Å². The molecule has 0 saturated heterocycles. The summed E-state index contributed by atoms with van der Waals surface area (Å²) in [5.41, 5.74) is 8.09. The highest BCUT2D eigenvalue weighted by Gasteiger charge is 2.34. The smallest absolute Gasteiger partial charge is 0.261 e. The summed E-state index contributed by atoms with van der Waals surface area (Å²) in [6.45, 7) is 2.49. The maximum absolute atomic E-state index is 12.7. The Hall–Kier alpha value is -3.72. The van der Waals surface area contributed by atoms with Crippen molar-refractivity contribution in [2.24, 2.45) is 0 Å². The van der Waals surface area contributed by atoms with E-state index >= 15 is 0 Å². The Morgan fingerprint density at radius 3 is 2.10 bits per heavy atom. The summed E-state index contributed by atoms with van der Waals surface area (Å²) < 4.78 is 0. The third-order valence-corrected chi connectivity index (χ3v) is 5.87. The average Bonchev–Trinajstić information content (AvgIpc) is 2.91. The normalized spacial score (nSPS) is 15.8. The molecule has 0 unspecified atom stereocenters. The fourth-order valence-corrected chi connectivity index (χ4v) is 4.34. The van der Waals surface area contributed by atoms with Crippen molar-refractivity contribution in [1.82, 2.24) is 4.90 Å². The molecule has 0 spiro atoms. The average molecular weight is 391 g/mol. The van der Waals surface area contributed by atoms with Crippen molar-refractivity contribution in [2.75, 3.05) is 6.54 Å². The van der Waals surface area contributed by atoms with E-state index < -0.39 is 0 Å². The Morgan fingerprint density at radius 2 is 1.37 bits per heavy atom. The molecule has 2 amide bonds. The molecule has 1 aliphatic heterocycles. The first-order chi connectivity index (χ1) is 14.6. The molecule has 1 heterocycles. The zero-order valence-corrected chi connectivity index (χ0v) is 16.8. The molecule has 3 aromatic carbocycles. The van der Waals surface area contributed by atoms with Crippen LogP contribution in [0.4, 0.5) is 0 Å². The van der Waals surface area contributed by atoms with Gasteiger partial charge < -0.3 is 0 Å². The number of hydrogen-bond acceptors (Lipinski definition) is 2. The van der Waals surface area contributed by atoms with Gasteiger partial charge in [0.15, 0.2) is 0 Å². The van der Waals surface area contributed by atoms with Crippen LogP contribution in [0, 0.1) is 6.92 Å². The third kappa shape index (κ3) is 2.91. The van der Waals surface area contributed by atoms with E-state index in [9.17, 15) is 9.59 Å². The molecule has 0 bridgehead atoms. The molecule has 146 valence electrons. The van der Waals surface area contributed by atoms with E-state index in [0.717, 1.165) is 5.57 Å². The predicted octanol–water partition coefficient (Wildman–Crippen LogP) is 5.60. The van der Waals surface area contributed by atoms with Crippen LogP contribution in [-0.4, -0.2) is 23.3 Å². The minimum Gasteiger partial charge on any atom is -0.274 e. The summed E-state index contributed by atoms with van der Waals surface area (Å²) in [4.78, 5) is 26.7. The molecule has 3 nitrogen and oxygen atoms in total. The summed E-state index contributed by atoms with van der Waals surface area (Å²) in [5.74, 6) is -0.402. The van der Waals surface area contributed by atoms with Crippen molar-refractivity contribution in [1.29, 1.82) is 0 Å². The highest BCUT2D eigenvalue weighted by Crippen LogP contribution is 2.35. The zero-order chi connectivity index (χ0) is 20.7. The molecular weight excluding hydrogens is 370 g/mol. The lowest BCUT2D eigenvalue weighted by molar-refractivity contribution is 0.0657. The number of aryl methyl sites for hydroxylation is 1. The van der Waals surface area contributed by atoms with E-state index in [1.807, 2.05) is 12.1 Å². The second kappa shape index (κ2) is 7.27. The van der Waals surface area contributed by atoms with Crippen LogP contribution in [0.3, 0.4) is 0 Å². The zero-order valence-electron chi connectivity index (χ0n) is 16.8. The molecule has 0 radical (unpaired) electrons. The largest absolute Gasteiger partial charge is 0.274 e. The van der Waals surface area contributed by atoms with E-state index in [2.05, 4.69) is 55.5 Å². The second-order valence-corrected chi connectivity index (χ2v) is 7.67. The maximum Gasteiger partial charge on any atom is 0.261 e. The first kappa shape index (κ1) is 18.3. The van der Waals surface area contributed by atoms with Gasteiger partial charge in [0, 0.05) is 6.54 Å². The topological polar surface area (TPSA) is 37.4 Å². The Morgan fingerprint density at radius 1 is 0.733 bits per heavy atom. The molecule has 5 rings (SSSR count). The molecule has 3 aromatic rings. The van der Waals surface area contributed by atoms with Crippen molar-refractivity contribution in [3.63, 3.8) is 0 Å². The number of rotatable bonds is 3. The number of fused-ring (bicyclic) bond motifs is 3. The fourth-order valence-electron chi connectivity index (χ4n) is 4.34. The summed E-state index contributed by atoms with van der Waals surface area (Å²) in [5, 5.41) is 0. The van der Waals surface area contributed by atoms with Gasteiger partial charge in [-0.25, -0.2) is 0 Å². The number of benzene rings is 3. The minimum absolute atomic E-state index is 0.201. The molecule has 0 aromatic heterocycles. The molecule has 2 aliphatic rings. The van der Waals surface area contributed by atoms with Crippen LogP contribution in [-0.2, 0) is 0 Å². The lowest BCUT2D eigenvalue weighted by Gasteiger charge is -2.15. The van der Waals surface area contributed by atoms with Gasteiger partial charge in [0.25, 0.3) is 11.8 Å². The Kier molecular flexibility index (Phi) is 4.44. The van der Waals surface area contributed by atoms with Crippen molar-refractivity contribution >= 4 is 29.5 Å². The summed E-state index contributed by atoms with van der Waals surface area (Å²) in [7, 11) is 0. The van der Waals surface area contributed by atoms with Crippen molar-refractivity contribution < 1.29 is 9.59 Å². The standard InChI is InChI=1S/C27H21NO2/c1-18-8-6-13-22-20(18)16-15-19-9-2-3-10-21(19)23(22)14-7-17-28-26(29)24-11-4-5-12-25(24)27(28)30/h2-6,8-16H,7,17H2,1H3/b23-14-. The monoisotopic (exact) mass is 391 g/mol. The van der Waals surface area contributed by atoms with Gasteiger partial charge in [-0.2, -0.15) is 0 Å². The van der Waals surface area contributed by atoms with Gasteiger partial charge in [-0.3, -0.25) is 14.5 Å².